The molecule has 1 amide bonds. The molecule has 1 aromatic heterocycles. The molecule has 7 nitrogen and oxygen atoms in total. The van der Waals surface area contributed by atoms with E-state index in [9.17, 15) is 13.2 Å². The molecule has 4 rings (SSSR count). The van der Waals surface area contributed by atoms with Crippen LogP contribution in [0.15, 0.2) is 41.3 Å². The molecular weight excluding hydrogens is 444 g/mol. The van der Waals surface area contributed by atoms with Gasteiger partial charge in [0.05, 0.1) is 10.5 Å². The monoisotopic (exact) mass is 464 g/mol. The SMILES string of the molecule is NC(=O)C1CC2(CC(Nc3ncncc3-c3ccc(Br)cc3)CCS2(=O)=O)C1. The molecule has 148 valence electrons. The maximum absolute atomic E-state index is 12.7. The minimum absolute atomic E-state index is 0.0403. The van der Waals surface area contributed by atoms with Crippen LogP contribution in [0.4, 0.5) is 5.82 Å². The predicted molar refractivity (Wildman–Crippen MR) is 110 cm³/mol. The van der Waals surface area contributed by atoms with E-state index in [4.69, 9.17) is 5.73 Å². The predicted octanol–water partition coefficient (Wildman–Crippen LogP) is 2.53. The molecule has 0 bridgehead atoms. The summed E-state index contributed by atoms with van der Waals surface area (Å²) < 4.78 is 25.5. The number of nitrogens with zero attached hydrogens (tertiary/aromatic N) is 2. The summed E-state index contributed by atoms with van der Waals surface area (Å²) >= 11 is 3.43. The number of benzene rings is 1. The third-order valence-electron chi connectivity index (χ3n) is 5.86. The second-order valence-electron chi connectivity index (χ2n) is 7.64. The summed E-state index contributed by atoms with van der Waals surface area (Å²) in [5.74, 6) is 0.0344. The van der Waals surface area contributed by atoms with E-state index in [1.807, 2.05) is 24.3 Å². The number of carbonyl (C=O) groups excluding carboxylic acids is 1. The van der Waals surface area contributed by atoms with Crippen molar-refractivity contribution in [2.45, 2.75) is 36.5 Å². The Morgan fingerprint density at radius 1 is 1.21 bits per heavy atom. The molecule has 1 unspecified atom stereocenters. The van der Waals surface area contributed by atoms with Crippen LogP contribution < -0.4 is 11.1 Å². The normalized spacial score (nSPS) is 28.5. The molecule has 1 aromatic carbocycles. The molecule has 1 atom stereocenters. The van der Waals surface area contributed by atoms with Gasteiger partial charge in [-0.15, -0.1) is 0 Å². The van der Waals surface area contributed by atoms with Crippen LogP contribution in [0.2, 0.25) is 0 Å². The molecule has 2 aliphatic rings. The van der Waals surface area contributed by atoms with Crippen molar-refractivity contribution in [3.63, 3.8) is 0 Å². The summed E-state index contributed by atoms with van der Waals surface area (Å²) in [6.07, 6.45) is 4.85. The Kier molecular flexibility index (Phi) is 4.91. The number of sulfone groups is 1. The summed E-state index contributed by atoms with van der Waals surface area (Å²) in [5, 5.41) is 3.42. The fourth-order valence-electron chi connectivity index (χ4n) is 4.25. The number of anilines is 1. The first kappa shape index (κ1) is 19.3. The molecule has 28 heavy (non-hydrogen) atoms. The van der Waals surface area contributed by atoms with E-state index in [1.165, 1.54) is 6.33 Å². The Balaban J connectivity index is 1.56. The van der Waals surface area contributed by atoms with Gasteiger partial charge in [-0.2, -0.15) is 0 Å². The zero-order valence-corrected chi connectivity index (χ0v) is 17.5. The van der Waals surface area contributed by atoms with Crippen LogP contribution in [-0.2, 0) is 14.6 Å². The Bertz CT molecular complexity index is 1000. The summed E-state index contributed by atoms with van der Waals surface area (Å²) in [6.45, 7) is 0. The third kappa shape index (κ3) is 3.41. The van der Waals surface area contributed by atoms with Crippen molar-refractivity contribution in [3.8, 4) is 11.1 Å². The highest BCUT2D eigenvalue weighted by atomic mass is 79.9. The molecule has 1 saturated heterocycles. The average molecular weight is 465 g/mol. The molecule has 2 aromatic rings. The lowest BCUT2D eigenvalue weighted by molar-refractivity contribution is -0.125. The molecule has 9 heteroatoms. The molecule has 1 aliphatic carbocycles. The second kappa shape index (κ2) is 7.11. The Morgan fingerprint density at radius 2 is 1.93 bits per heavy atom. The molecule has 2 fully saturated rings. The number of hydrogen-bond acceptors (Lipinski definition) is 6. The number of rotatable bonds is 4. The molecule has 0 radical (unpaired) electrons. The van der Waals surface area contributed by atoms with Crippen LogP contribution in [0.3, 0.4) is 0 Å². The number of aromatic nitrogens is 2. The van der Waals surface area contributed by atoms with Crippen LogP contribution in [0.5, 0.6) is 0 Å². The minimum atomic E-state index is -3.23. The van der Waals surface area contributed by atoms with E-state index in [1.54, 1.807) is 6.20 Å². The minimum Gasteiger partial charge on any atom is -0.369 e. The van der Waals surface area contributed by atoms with Gasteiger partial charge in [0.1, 0.15) is 12.1 Å². The molecule has 3 N–H and O–H groups in total. The van der Waals surface area contributed by atoms with Gasteiger partial charge in [0.25, 0.3) is 0 Å². The van der Waals surface area contributed by atoms with Crippen molar-refractivity contribution in [2.75, 3.05) is 11.1 Å². The number of nitrogens with one attached hydrogen (secondary N) is 1. The maximum Gasteiger partial charge on any atom is 0.220 e. The highest BCUT2D eigenvalue weighted by Gasteiger charge is 2.57. The Labute approximate surface area is 172 Å². The Hall–Kier alpha value is -2.00. The largest absolute Gasteiger partial charge is 0.369 e. The van der Waals surface area contributed by atoms with Crippen molar-refractivity contribution < 1.29 is 13.2 Å². The van der Waals surface area contributed by atoms with Gasteiger partial charge in [0.15, 0.2) is 9.84 Å². The number of nitrogens with two attached hydrogens (primary N) is 1. The zero-order chi connectivity index (χ0) is 19.9. The van der Waals surface area contributed by atoms with Crippen LogP contribution >= 0.6 is 15.9 Å². The molecule has 2 heterocycles. The number of amides is 1. The molecule has 1 spiro atoms. The quantitative estimate of drug-likeness (QED) is 0.717. The van der Waals surface area contributed by atoms with Gasteiger partial charge in [-0.1, -0.05) is 28.1 Å². The summed E-state index contributed by atoms with van der Waals surface area (Å²) in [5.41, 5.74) is 7.20. The highest BCUT2D eigenvalue weighted by molar-refractivity contribution is 9.10. The van der Waals surface area contributed by atoms with Crippen LogP contribution in [0.25, 0.3) is 11.1 Å². The van der Waals surface area contributed by atoms with Crippen LogP contribution in [0, 0.1) is 5.92 Å². The molecule has 1 aliphatic heterocycles. The third-order valence-corrected chi connectivity index (χ3v) is 8.98. The van der Waals surface area contributed by atoms with E-state index in [0.29, 0.717) is 31.5 Å². The van der Waals surface area contributed by atoms with Crippen molar-refractivity contribution in [1.82, 2.24) is 9.97 Å². The number of carbonyl (C=O) groups is 1. The van der Waals surface area contributed by atoms with E-state index in [0.717, 1.165) is 15.6 Å². The van der Waals surface area contributed by atoms with Gasteiger partial charge >= 0.3 is 0 Å². The fraction of sp³-hybridized carbons (Fsp3) is 0.421. The van der Waals surface area contributed by atoms with Gasteiger partial charge in [0.2, 0.25) is 5.91 Å². The van der Waals surface area contributed by atoms with Crippen molar-refractivity contribution >= 4 is 37.5 Å². The van der Waals surface area contributed by atoms with Gasteiger partial charge in [-0.25, -0.2) is 18.4 Å². The van der Waals surface area contributed by atoms with E-state index in [2.05, 4.69) is 31.2 Å². The van der Waals surface area contributed by atoms with E-state index in [-0.39, 0.29) is 17.7 Å². The van der Waals surface area contributed by atoms with Gasteiger partial charge in [-0.05, 0) is 43.4 Å². The first-order chi connectivity index (χ1) is 13.3. The molecule has 1 saturated carbocycles. The van der Waals surface area contributed by atoms with E-state index >= 15 is 0 Å². The van der Waals surface area contributed by atoms with Gasteiger partial charge < -0.3 is 11.1 Å². The summed E-state index contributed by atoms with van der Waals surface area (Å²) in [7, 11) is -3.23. The smallest absolute Gasteiger partial charge is 0.220 e. The average Bonchev–Trinajstić information content (AvgIpc) is 2.62. The zero-order valence-electron chi connectivity index (χ0n) is 15.1. The fourth-order valence-corrected chi connectivity index (χ4v) is 6.91. The van der Waals surface area contributed by atoms with Crippen LogP contribution in [0.1, 0.15) is 25.7 Å². The van der Waals surface area contributed by atoms with Crippen molar-refractivity contribution in [1.29, 1.82) is 0 Å². The standard InChI is InChI=1S/C19H21BrN4O3S/c20-14-3-1-12(2-4-14)16-10-22-11-23-18(16)24-15-5-6-28(26,27)19(9-15)7-13(8-19)17(21)25/h1-4,10-11,13,15H,5-9H2,(H2,21,25)(H,22,23,24). The summed E-state index contributed by atoms with van der Waals surface area (Å²) in [6, 6.07) is 7.81. The highest BCUT2D eigenvalue weighted by Crippen LogP contribution is 2.50. The lowest BCUT2D eigenvalue weighted by Crippen LogP contribution is -2.59. The van der Waals surface area contributed by atoms with Crippen LogP contribution in [-0.4, -0.2) is 40.8 Å². The topological polar surface area (TPSA) is 115 Å². The molecular formula is C19H21BrN4O3S. The number of halogens is 1. The second-order valence-corrected chi connectivity index (χ2v) is 11.1. The Morgan fingerprint density at radius 3 is 2.61 bits per heavy atom. The van der Waals surface area contributed by atoms with Crippen molar-refractivity contribution in [3.05, 3.63) is 41.3 Å². The maximum atomic E-state index is 12.7. The van der Waals surface area contributed by atoms with E-state index < -0.39 is 20.5 Å². The van der Waals surface area contributed by atoms with Gasteiger partial charge in [0, 0.05) is 28.2 Å². The number of primary amides is 1. The number of hydrogen-bond donors (Lipinski definition) is 2. The first-order valence-electron chi connectivity index (χ1n) is 9.14. The van der Waals surface area contributed by atoms with Crippen molar-refractivity contribution in [2.24, 2.45) is 11.7 Å². The lowest BCUT2D eigenvalue weighted by atomic mass is 9.70. The lowest BCUT2D eigenvalue weighted by Gasteiger charge is -2.50. The first-order valence-corrected chi connectivity index (χ1v) is 11.6. The van der Waals surface area contributed by atoms with Gasteiger partial charge in [-0.3, -0.25) is 4.79 Å². The summed E-state index contributed by atoms with van der Waals surface area (Å²) in [4.78, 5) is 19.9.